The van der Waals surface area contributed by atoms with Crippen LogP contribution in [0.3, 0.4) is 0 Å². The SMILES string of the molecule is C#CCOn1cncc1CN. The number of imidazole rings is 1. The third-order valence-electron chi connectivity index (χ3n) is 1.17. The molecule has 0 amide bonds. The smallest absolute Gasteiger partial charge is 0.175 e. The molecule has 0 saturated heterocycles. The van der Waals surface area contributed by atoms with Crippen LogP contribution in [0.5, 0.6) is 0 Å². The van der Waals surface area contributed by atoms with Gasteiger partial charge in [0.25, 0.3) is 0 Å². The first kappa shape index (κ1) is 7.63. The Bertz CT molecular complexity index is 261. The predicted octanol–water partition coefficient (Wildman–Crippen LogP) is -0.596. The Labute approximate surface area is 64.9 Å². The highest BCUT2D eigenvalue weighted by Gasteiger charge is 1.97. The van der Waals surface area contributed by atoms with Gasteiger partial charge in [-0.1, -0.05) is 5.92 Å². The van der Waals surface area contributed by atoms with Gasteiger partial charge in [-0.05, 0) is 0 Å². The molecule has 0 fully saturated rings. The van der Waals surface area contributed by atoms with Gasteiger partial charge in [0.05, 0.1) is 11.9 Å². The molecule has 0 aromatic carbocycles. The maximum Gasteiger partial charge on any atom is 0.175 e. The lowest BCUT2D eigenvalue weighted by Crippen LogP contribution is -2.15. The molecule has 0 aliphatic rings. The van der Waals surface area contributed by atoms with Crippen molar-refractivity contribution in [1.29, 1.82) is 0 Å². The molecule has 1 aromatic rings. The predicted molar refractivity (Wildman–Crippen MR) is 40.4 cm³/mol. The summed E-state index contributed by atoms with van der Waals surface area (Å²) in [6.07, 6.45) is 8.16. The molecule has 11 heavy (non-hydrogen) atoms. The molecule has 0 bridgehead atoms. The summed E-state index contributed by atoms with van der Waals surface area (Å²) in [5, 5.41) is 0. The quantitative estimate of drug-likeness (QED) is 0.587. The van der Waals surface area contributed by atoms with Crippen molar-refractivity contribution >= 4 is 0 Å². The van der Waals surface area contributed by atoms with Crippen molar-refractivity contribution in [2.75, 3.05) is 6.61 Å². The molecule has 2 N–H and O–H groups in total. The standard InChI is InChI=1S/C7H9N3O/c1-2-3-11-10-6-9-5-7(10)4-8/h1,5-6H,3-4,8H2. The van der Waals surface area contributed by atoms with Gasteiger partial charge in [-0.2, -0.15) is 4.73 Å². The number of nitrogens with zero attached hydrogens (tertiary/aromatic N) is 2. The van der Waals surface area contributed by atoms with E-state index in [2.05, 4.69) is 10.9 Å². The summed E-state index contributed by atoms with van der Waals surface area (Å²) in [7, 11) is 0. The molecule has 0 aliphatic heterocycles. The molecule has 0 atom stereocenters. The molecule has 1 heterocycles. The Hall–Kier alpha value is -1.47. The van der Waals surface area contributed by atoms with Crippen LogP contribution in [0.1, 0.15) is 5.69 Å². The Morgan fingerprint density at radius 1 is 1.82 bits per heavy atom. The van der Waals surface area contributed by atoms with Crippen LogP contribution in [0.15, 0.2) is 12.5 Å². The zero-order chi connectivity index (χ0) is 8.10. The van der Waals surface area contributed by atoms with Gasteiger partial charge in [0.2, 0.25) is 0 Å². The summed E-state index contributed by atoms with van der Waals surface area (Å²) in [5.41, 5.74) is 6.18. The van der Waals surface area contributed by atoms with E-state index in [4.69, 9.17) is 17.0 Å². The van der Waals surface area contributed by atoms with Crippen LogP contribution in [0, 0.1) is 12.3 Å². The molecule has 4 heteroatoms. The van der Waals surface area contributed by atoms with Crippen molar-refractivity contribution in [2.24, 2.45) is 5.73 Å². The molecule has 0 radical (unpaired) electrons. The molecular weight excluding hydrogens is 142 g/mol. The fourth-order valence-electron chi connectivity index (χ4n) is 0.677. The van der Waals surface area contributed by atoms with E-state index >= 15 is 0 Å². The largest absolute Gasteiger partial charge is 0.400 e. The third kappa shape index (κ3) is 1.72. The molecule has 0 aliphatic carbocycles. The zero-order valence-corrected chi connectivity index (χ0v) is 6.03. The number of hydrogen-bond donors (Lipinski definition) is 1. The molecule has 1 aromatic heterocycles. The summed E-state index contributed by atoms with van der Waals surface area (Å²) < 4.78 is 1.47. The summed E-state index contributed by atoms with van der Waals surface area (Å²) >= 11 is 0. The minimum Gasteiger partial charge on any atom is -0.400 e. The molecule has 0 saturated carbocycles. The Kier molecular flexibility index (Phi) is 2.53. The zero-order valence-electron chi connectivity index (χ0n) is 6.03. The van der Waals surface area contributed by atoms with E-state index < -0.39 is 0 Å². The van der Waals surface area contributed by atoms with Gasteiger partial charge in [0, 0.05) is 6.54 Å². The first-order valence-corrected chi connectivity index (χ1v) is 3.16. The van der Waals surface area contributed by atoms with Crippen LogP contribution in [-0.4, -0.2) is 16.3 Å². The van der Waals surface area contributed by atoms with E-state index in [0.29, 0.717) is 6.54 Å². The second kappa shape index (κ2) is 3.64. The van der Waals surface area contributed by atoms with E-state index in [0.717, 1.165) is 5.69 Å². The summed E-state index contributed by atoms with van der Waals surface area (Å²) in [6, 6.07) is 0. The molecule has 1 rings (SSSR count). The van der Waals surface area contributed by atoms with Crippen LogP contribution < -0.4 is 10.6 Å². The average Bonchev–Trinajstić information content (AvgIpc) is 2.47. The van der Waals surface area contributed by atoms with Crippen LogP contribution in [0.2, 0.25) is 0 Å². The second-order valence-corrected chi connectivity index (χ2v) is 1.89. The summed E-state index contributed by atoms with van der Waals surface area (Å²) in [5.74, 6) is 2.35. The Morgan fingerprint density at radius 3 is 3.27 bits per heavy atom. The minimum atomic E-state index is 0.226. The molecule has 4 nitrogen and oxygen atoms in total. The maximum absolute atomic E-state index is 5.37. The fraction of sp³-hybridized carbons (Fsp3) is 0.286. The van der Waals surface area contributed by atoms with Crippen molar-refractivity contribution in [3.63, 3.8) is 0 Å². The van der Waals surface area contributed by atoms with Crippen molar-refractivity contribution < 1.29 is 4.84 Å². The van der Waals surface area contributed by atoms with Gasteiger partial charge in [0.15, 0.2) is 6.61 Å². The van der Waals surface area contributed by atoms with E-state index in [1.165, 1.54) is 11.1 Å². The molecule has 0 unspecified atom stereocenters. The van der Waals surface area contributed by atoms with Gasteiger partial charge in [-0.25, -0.2) is 4.98 Å². The van der Waals surface area contributed by atoms with Crippen molar-refractivity contribution in [3.8, 4) is 12.3 Å². The van der Waals surface area contributed by atoms with E-state index in [1.54, 1.807) is 6.20 Å². The molecule has 0 spiro atoms. The van der Waals surface area contributed by atoms with Crippen LogP contribution >= 0.6 is 0 Å². The number of hydrogen-bond acceptors (Lipinski definition) is 3. The Morgan fingerprint density at radius 2 is 2.64 bits per heavy atom. The van der Waals surface area contributed by atoms with Crippen molar-refractivity contribution in [2.45, 2.75) is 6.54 Å². The lowest BCUT2D eigenvalue weighted by Gasteiger charge is -2.04. The van der Waals surface area contributed by atoms with Gasteiger partial charge in [-0.15, -0.1) is 6.42 Å². The normalized spacial score (nSPS) is 9.09. The van der Waals surface area contributed by atoms with E-state index in [-0.39, 0.29) is 6.61 Å². The van der Waals surface area contributed by atoms with E-state index in [1.807, 2.05) is 0 Å². The minimum absolute atomic E-state index is 0.226. The highest BCUT2D eigenvalue weighted by molar-refractivity contribution is 4.95. The monoisotopic (exact) mass is 151 g/mol. The first-order valence-electron chi connectivity index (χ1n) is 3.16. The Balaban J connectivity index is 2.62. The number of terminal acetylenes is 1. The van der Waals surface area contributed by atoms with E-state index in [9.17, 15) is 0 Å². The van der Waals surface area contributed by atoms with Gasteiger partial charge >= 0.3 is 0 Å². The first-order chi connectivity index (χ1) is 5.38. The van der Waals surface area contributed by atoms with Crippen LogP contribution in [0.4, 0.5) is 0 Å². The van der Waals surface area contributed by atoms with Crippen LogP contribution in [0.25, 0.3) is 0 Å². The van der Waals surface area contributed by atoms with Crippen LogP contribution in [-0.2, 0) is 6.54 Å². The summed E-state index contributed by atoms with van der Waals surface area (Å²) in [4.78, 5) is 8.89. The summed E-state index contributed by atoms with van der Waals surface area (Å²) in [6.45, 7) is 0.619. The number of aromatic nitrogens is 2. The number of rotatable bonds is 3. The lowest BCUT2D eigenvalue weighted by atomic mass is 10.5. The lowest BCUT2D eigenvalue weighted by molar-refractivity contribution is 0.132. The van der Waals surface area contributed by atoms with Crippen molar-refractivity contribution in [3.05, 3.63) is 18.2 Å². The van der Waals surface area contributed by atoms with Crippen molar-refractivity contribution in [1.82, 2.24) is 9.71 Å². The van der Waals surface area contributed by atoms with Gasteiger partial charge in [0.1, 0.15) is 6.33 Å². The maximum atomic E-state index is 5.37. The fourth-order valence-corrected chi connectivity index (χ4v) is 0.677. The topological polar surface area (TPSA) is 53.1 Å². The second-order valence-electron chi connectivity index (χ2n) is 1.89. The van der Waals surface area contributed by atoms with Gasteiger partial charge in [-0.3, -0.25) is 0 Å². The highest BCUT2D eigenvalue weighted by atomic mass is 16.7. The molecular formula is C7H9N3O. The molecule has 58 valence electrons. The average molecular weight is 151 g/mol. The van der Waals surface area contributed by atoms with Gasteiger partial charge < -0.3 is 10.6 Å². The number of nitrogens with two attached hydrogens (primary N) is 1. The third-order valence-corrected chi connectivity index (χ3v) is 1.17. The highest BCUT2D eigenvalue weighted by Crippen LogP contribution is 1.93.